The molecule has 12 heavy (non-hydrogen) atoms. The molecule has 1 atom stereocenters. The summed E-state index contributed by atoms with van der Waals surface area (Å²) < 4.78 is 6.17. The van der Waals surface area contributed by atoms with Crippen molar-refractivity contribution in [2.24, 2.45) is 5.73 Å². The molecule has 0 amide bonds. The maximum absolute atomic E-state index is 5.56. The lowest BCUT2D eigenvalue weighted by Gasteiger charge is -2.02. The van der Waals surface area contributed by atoms with Crippen LogP contribution in [0.2, 0.25) is 0 Å². The Balaban J connectivity index is 2.88. The topological polar surface area (TPSA) is 35.2 Å². The largest absolute Gasteiger partial charge is 0.486 e. The number of nitrogens with two attached hydrogens (primary N) is 1. The Morgan fingerprint density at radius 2 is 2.42 bits per heavy atom. The number of ether oxygens (including phenoxy) is 1. The lowest BCUT2D eigenvalue weighted by molar-refractivity contribution is 0.425. The normalized spacial score (nSPS) is 13.0. The van der Waals surface area contributed by atoms with Gasteiger partial charge in [-0.25, -0.2) is 0 Å². The Morgan fingerprint density at radius 3 is 2.83 bits per heavy atom. The van der Waals surface area contributed by atoms with Crippen LogP contribution in [-0.4, -0.2) is 13.7 Å². The van der Waals surface area contributed by atoms with E-state index in [1.165, 1.54) is 4.88 Å². The molecule has 1 aromatic rings. The molecule has 2 nitrogen and oxygen atoms in total. The van der Waals surface area contributed by atoms with E-state index in [2.05, 4.69) is 28.9 Å². The van der Waals surface area contributed by atoms with Crippen LogP contribution in [0.1, 0.15) is 17.7 Å². The fraction of sp³-hybridized carbons (Fsp3) is 0.500. The molecule has 1 rings (SSSR count). The fourth-order valence-corrected chi connectivity index (χ4v) is 2.60. The molecule has 2 N–H and O–H groups in total. The minimum absolute atomic E-state index is 0.412. The summed E-state index contributed by atoms with van der Waals surface area (Å²) in [5.74, 6) is 0.412. The second kappa shape index (κ2) is 4.25. The van der Waals surface area contributed by atoms with Crippen molar-refractivity contribution in [3.63, 3.8) is 0 Å². The Bertz CT molecular complexity index is 262. The van der Waals surface area contributed by atoms with E-state index in [1.807, 2.05) is 0 Å². The average Bonchev–Trinajstić information content (AvgIpc) is 2.45. The predicted molar refractivity (Wildman–Crippen MR) is 56.0 cm³/mol. The molecule has 1 aromatic heterocycles. The van der Waals surface area contributed by atoms with E-state index in [1.54, 1.807) is 18.4 Å². The first kappa shape index (κ1) is 10.0. The predicted octanol–water partition coefficient (Wildman–Crippen LogP) is 2.58. The van der Waals surface area contributed by atoms with E-state index in [0.29, 0.717) is 12.5 Å². The van der Waals surface area contributed by atoms with E-state index in [4.69, 9.17) is 10.5 Å². The first-order chi connectivity index (χ1) is 5.69. The van der Waals surface area contributed by atoms with Crippen LogP contribution in [0.15, 0.2) is 10.5 Å². The first-order valence-corrected chi connectivity index (χ1v) is 5.33. The molecule has 4 heteroatoms. The second-order valence-electron chi connectivity index (χ2n) is 2.63. The number of rotatable bonds is 3. The van der Waals surface area contributed by atoms with E-state index in [0.717, 1.165) is 9.54 Å². The molecule has 0 radical (unpaired) electrons. The minimum atomic E-state index is 0.412. The monoisotopic (exact) mass is 249 g/mol. The zero-order chi connectivity index (χ0) is 9.14. The molecule has 0 saturated carbocycles. The molecular weight excluding hydrogens is 238 g/mol. The lowest BCUT2D eigenvalue weighted by Crippen LogP contribution is -2.06. The van der Waals surface area contributed by atoms with Gasteiger partial charge in [0.05, 0.1) is 11.6 Å². The van der Waals surface area contributed by atoms with Gasteiger partial charge in [-0.15, -0.1) is 11.3 Å². The molecule has 1 unspecified atom stereocenters. The van der Waals surface area contributed by atoms with Crippen LogP contribution in [-0.2, 0) is 0 Å². The summed E-state index contributed by atoms with van der Waals surface area (Å²) in [4.78, 5) is 1.27. The van der Waals surface area contributed by atoms with Gasteiger partial charge in [-0.3, -0.25) is 0 Å². The molecule has 0 fully saturated rings. The van der Waals surface area contributed by atoms with Crippen LogP contribution in [0.4, 0.5) is 0 Å². The zero-order valence-corrected chi connectivity index (χ0v) is 9.54. The second-order valence-corrected chi connectivity index (χ2v) is 4.53. The highest BCUT2D eigenvalue weighted by molar-refractivity contribution is 9.10. The number of hydrogen-bond acceptors (Lipinski definition) is 3. The van der Waals surface area contributed by atoms with E-state index in [9.17, 15) is 0 Å². The van der Waals surface area contributed by atoms with Crippen LogP contribution in [0.5, 0.6) is 5.06 Å². The number of thiophene rings is 1. The van der Waals surface area contributed by atoms with Crippen LogP contribution >= 0.6 is 27.3 Å². The molecule has 0 bridgehead atoms. The van der Waals surface area contributed by atoms with Gasteiger partial charge < -0.3 is 10.5 Å². The van der Waals surface area contributed by atoms with Crippen molar-refractivity contribution < 1.29 is 4.74 Å². The maximum atomic E-state index is 5.56. The summed E-state index contributed by atoms with van der Waals surface area (Å²) in [6.07, 6.45) is 0. The van der Waals surface area contributed by atoms with Crippen molar-refractivity contribution >= 4 is 27.3 Å². The third kappa shape index (κ3) is 2.00. The average molecular weight is 250 g/mol. The zero-order valence-electron chi connectivity index (χ0n) is 7.13. The van der Waals surface area contributed by atoms with Crippen molar-refractivity contribution in [3.05, 3.63) is 15.4 Å². The highest BCUT2D eigenvalue weighted by Gasteiger charge is 2.11. The van der Waals surface area contributed by atoms with Crippen LogP contribution in [0.25, 0.3) is 0 Å². The lowest BCUT2D eigenvalue weighted by atomic mass is 10.1. The van der Waals surface area contributed by atoms with Crippen molar-refractivity contribution in [2.45, 2.75) is 12.8 Å². The Morgan fingerprint density at radius 1 is 1.75 bits per heavy atom. The number of methoxy groups -OCH3 is 1. The van der Waals surface area contributed by atoms with Gasteiger partial charge in [0, 0.05) is 10.8 Å². The Labute approximate surface area is 84.9 Å². The summed E-state index contributed by atoms with van der Waals surface area (Å²) in [6.45, 7) is 2.79. The fourth-order valence-electron chi connectivity index (χ4n) is 0.867. The van der Waals surface area contributed by atoms with Crippen LogP contribution in [0, 0.1) is 0 Å². The summed E-state index contributed by atoms with van der Waals surface area (Å²) in [5, 5.41) is 0.922. The van der Waals surface area contributed by atoms with Gasteiger partial charge in [0.1, 0.15) is 0 Å². The van der Waals surface area contributed by atoms with Crippen molar-refractivity contribution in [1.29, 1.82) is 0 Å². The van der Waals surface area contributed by atoms with Crippen LogP contribution < -0.4 is 10.5 Å². The highest BCUT2D eigenvalue weighted by Crippen LogP contribution is 2.37. The van der Waals surface area contributed by atoms with Crippen LogP contribution in [0.3, 0.4) is 0 Å². The molecule has 68 valence electrons. The molecule has 0 aliphatic rings. The first-order valence-electron chi connectivity index (χ1n) is 3.72. The molecule has 0 saturated heterocycles. The van der Waals surface area contributed by atoms with Gasteiger partial charge in [-0.2, -0.15) is 0 Å². The Hall–Kier alpha value is -0.0600. The van der Waals surface area contributed by atoms with E-state index < -0.39 is 0 Å². The highest BCUT2D eigenvalue weighted by atomic mass is 79.9. The van der Waals surface area contributed by atoms with Gasteiger partial charge >= 0.3 is 0 Å². The van der Waals surface area contributed by atoms with Gasteiger partial charge in [-0.1, -0.05) is 6.92 Å². The Kier molecular flexibility index (Phi) is 3.55. The molecule has 0 aromatic carbocycles. The van der Waals surface area contributed by atoms with Gasteiger partial charge in [-0.05, 0) is 28.5 Å². The summed E-state index contributed by atoms with van der Waals surface area (Å²) in [5.41, 5.74) is 5.56. The summed E-state index contributed by atoms with van der Waals surface area (Å²) >= 11 is 5.06. The summed E-state index contributed by atoms with van der Waals surface area (Å²) in [6, 6.07) is 2.07. The minimum Gasteiger partial charge on any atom is -0.486 e. The van der Waals surface area contributed by atoms with Gasteiger partial charge in [0.25, 0.3) is 0 Å². The number of halogens is 1. The third-order valence-corrected chi connectivity index (χ3v) is 3.88. The van der Waals surface area contributed by atoms with Crippen molar-refractivity contribution in [2.75, 3.05) is 13.7 Å². The molecule has 1 heterocycles. The van der Waals surface area contributed by atoms with E-state index >= 15 is 0 Å². The number of hydrogen-bond donors (Lipinski definition) is 1. The SMILES string of the molecule is COc1sc(C(C)CN)cc1Br. The standard InChI is InChI=1S/C8H12BrNOS/c1-5(4-10)7-3-6(9)8(11-2)12-7/h3,5H,4,10H2,1-2H3. The summed E-state index contributed by atoms with van der Waals surface area (Å²) in [7, 11) is 1.67. The quantitative estimate of drug-likeness (QED) is 0.894. The van der Waals surface area contributed by atoms with Crippen molar-refractivity contribution in [1.82, 2.24) is 0 Å². The van der Waals surface area contributed by atoms with Gasteiger partial charge in [0.2, 0.25) is 0 Å². The maximum Gasteiger partial charge on any atom is 0.188 e. The smallest absolute Gasteiger partial charge is 0.188 e. The molecule has 0 aliphatic carbocycles. The van der Waals surface area contributed by atoms with Crippen molar-refractivity contribution in [3.8, 4) is 5.06 Å². The van der Waals surface area contributed by atoms with Gasteiger partial charge in [0.15, 0.2) is 5.06 Å². The molecule has 0 aliphatic heterocycles. The third-order valence-electron chi connectivity index (χ3n) is 1.70. The molecular formula is C8H12BrNOS. The van der Waals surface area contributed by atoms with E-state index in [-0.39, 0.29) is 0 Å². The molecule has 0 spiro atoms.